The molecule has 2 aromatic carbocycles. The van der Waals surface area contributed by atoms with Crippen molar-refractivity contribution in [2.45, 2.75) is 26.0 Å². The van der Waals surface area contributed by atoms with Crippen LogP contribution in [0, 0.1) is 0 Å². The number of thioether (sulfide) groups is 1. The molecule has 0 aliphatic carbocycles. The largest absolute Gasteiger partial charge is 0.493 e. The molecule has 0 saturated carbocycles. The van der Waals surface area contributed by atoms with Crippen LogP contribution in [0.15, 0.2) is 75.9 Å². The van der Waals surface area contributed by atoms with Crippen molar-refractivity contribution in [3.63, 3.8) is 0 Å². The van der Waals surface area contributed by atoms with E-state index < -0.39 is 12.0 Å². The summed E-state index contributed by atoms with van der Waals surface area (Å²) in [7, 11) is 4.50. The van der Waals surface area contributed by atoms with Gasteiger partial charge in [0, 0.05) is 19.4 Å². The molecule has 0 radical (unpaired) electrons. The number of carbonyl (C=O) groups is 2. The summed E-state index contributed by atoms with van der Waals surface area (Å²) in [5.74, 6) is 0.467. The van der Waals surface area contributed by atoms with Gasteiger partial charge in [-0.1, -0.05) is 48.2 Å². The van der Waals surface area contributed by atoms with E-state index in [2.05, 4.69) is 10.3 Å². The van der Waals surface area contributed by atoms with Crippen molar-refractivity contribution in [1.82, 2.24) is 10.2 Å². The van der Waals surface area contributed by atoms with Crippen LogP contribution in [0.5, 0.6) is 11.5 Å². The van der Waals surface area contributed by atoms with Crippen molar-refractivity contribution in [1.29, 1.82) is 0 Å². The maximum absolute atomic E-state index is 13.0. The van der Waals surface area contributed by atoms with Gasteiger partial charge >= 0.3 is 5.97 Å². The maximum Gasteiger partial charge on any atom is 0.338 e. The second kappa shape index (κ2) is 12.7. The molecule has 1 amide bonds. The molecule has 9 nitrogen and oxygen atoms in total. The maximum atomic E-state index is 13.0. The van der Waals surface area contributed by atoms with Gasteiger partial charge in [0.15, 0.2) is 16.7 Å². The number of amidine groups is 1. The first-order valence-electron chi connectivity index (χ1n) is 12.1. The van der Waals surface area contributed by atoms with Crippen molar-refractivity contribution in [2.75, 3.05) is 34.5 Å². The number of ether oxygens (including phenoxy) is 4. The number of fused-ring (bicyclic) bond motifs is 1. The van der Waals surface area contributed by atoms with E-state index in [1.54, 1.807) is 21.1 Å². The summed E-state index contributed by atoms with van der Waals surface area (Å²) in [6.07, 6.45) is 0.120. The molecule has 0 unspecified atom stereocenters. The summed E-state index contributed by atoms with van der Waals surface area (Å²) >= 11 is 1.41. The number of amides is 1. The molecule has 0 fully saturated rings. The molecule has 0 bridgehead atoms. The number of hydrogen-bond donors (Lipinski definition) is 1. The highest BCUT2D eigenvalue weighted by Crippen LogP contribution is 2.46. The summed E-state index contributed by atoms with van der Waals surface area (Å²) in [6.45, 7) is 3.00. The van der Waals surface area contributed by atoms with Gasteiger partial charge in [-0.25, -0.2) is 9.79 Å². The normalized spacial score (nSPS) is 16.4. The smallest absolute Gasteiger partial charge is 0.338 e. The summed E-state index contributed by atoms with van der Waals surface area (Å²) in [5, 5.41) is 5.42. The Labute approximate surface area is 226 Å². The summed E-state index contributed by atoms with van der Waals surface area (Å²) in [4.78, 5) is 32.2. The molecule has 0 saturated heterocycles. The zero-order valence-corrected chi connectivity index (χ0v) is 22.7. The highest BCUT2D eigenvalue weighted by atomic mass is 32.2. The van der Waals surface area contributed by atoms with Crippen LogP contribution in [0.2, 0.25) is 0 Å². The fraction of sp³-hybridized carbons (Fsp3) is 0.321. The minimum absolute atomic E-state index is 0.120. The molecule has 4 rings (SSSR count). The van der Waals surface area contributed by atoms with E-state index in [1.165, 1.54) is 18.9 Å². The number of nitrogens with zero attached hydrogens (tertiary/aromatic N) is 2. The average Bonchev–Trinajstić information content (AvgIpc) is 3.32. The van der Waals surface area contributed by atoms with Crippen LogP contribution in [-0.2, 0) is 25.7 Å². The van der Waals surface area contributed by atoms with Crippen molar-refractivity contribution >= 4 is 28.8 Å². The van der Waals surface area contributed by atoms with Gasteiger partial charge in [-0.15, -0.1) is 0 Å². The Morgan fingerprint density at radius 3 is 2.58 bits per heavy atom. The molecule has 1 N–H and O–H groups in total. The van der Waals surface area contributed by atoms with Crippen molar-refractivity contribution in [3.05, 3.63) is 82.0 Å². The number of rotatable bonds is 11. The van der Waals surface area contributed by atoms with Crippen LogP contribution >= 0.6 is 11.8 Å². The molecular weight excluding hydrogens is 506 g/mol. The lowest BCUT2D eigenvalue weighted by Gasteiger charge is -2.36. The minimum atomic E-state index is -0.569. The number of hydrogen-bond acceptors (Lipinski definition) is 9. The molecular formula is C28H31N3O6S. The number of nitrogens with one attached hydrogen (secondary N) is 1. The number of esters is 1. The minimum Gasteiger partial charge on any atom is -0.493 e. The van der Waals surface area contributed by atoms with Gasteiger partial charge in [0.2, 0.25) is 5.91 Å². The number of allylic oxidation sites excluding steroid dienone is 1. The van der Waals surface area contributed by atoms with Gasteiger partial charge in [-0.05, 0) is 35.6 Å². The van der Waals surface area contributed by atoms with E-state index in [9.17, 15) is 9.59 Å². The average molecular weight is 538 g/mol. The molecule has 200 valence electrons. The van der Waals surface area contributed by atoms with Crippen molar-refractivity contribution < 1.29 is 28.5 Å². The first-order chi connectivity index (χ1) is 18.5. The highest BCUT2D eigenvalue weighted by Gasteiger charge is 2.41. The number of benzene rings is 2. The number of aliphatic imine (C=N–C) groups is 1. The Morgan fingerprint density at radius 2 is 1.87 bits per heavy atom. The third kappa shape index (κ3) is 6.03. The van der Waals surface area contributed by atoms with Crippen LogP contribution in [0.1, 0.15) is 30.5 Å². The molecule has 2 aliphatic heterocycles. The summed E-state index contributed by atoms with van der Waals surface area (Å²) in [5.41, 5.74) is 3.48. The van der Waals surface area contributed by atoms with E-state index in [-0.39, 0.29) is 12.3 Å². The lowest BCUT2D eigenvalue weighted by Crippen LogP contribution is -2.38. The standard InChI is InChI=1S/C28H31N3O6S/c1-18-25(27(33)36-4)26(31-21(17-38-28(31)30-18)15-24(32)29-12-13-34-2)20-10-11-22(23(14-20)35-3)37-16-19-8-6-5-7-9-19/h5-11,14,17,26H,12-13,15-16H2,1-4H3,(H,29,32)/t26-/m1/s1. The van der Waals surface area contributed by atoms with Gasteiger partial charge in [0.25, 0.3) is 0 Å². The number of methoxy groups -OCH3 is 3. The first-order valence-corrected chi connectivity index (χ1v) is 13.0. The topological polar surface area (TPSA) is 98.7 Å². The van der Waals surface area contributed by atoms with Gasteiger partial charge in [-0.3, -0.25) is 4.79 Å². The predicted molar refractivity (Wildman–Crippen MR) is 146 cm³/mol. The summed E-state index contributed by atoms with van der Waals surface area (Å²) < 4.78 is 21.9. The second-order valence-electron chi connectivity index (χ2n) is 8.59. The number of carbonyl (C=O) groups excluding carboxylic acids is 2. The molecule has 1 atom stereocenters. The second-order valence-corrected chi connectivity index (χ2v) is 9.43. The van der Waals surface area contributed by atoms with E-state index in [0.29, 0.717) is 47.7 Å². The highest BCUT2D eigenvalue weighted by molar-refractivity contribution is 8.16. The zero-order valence-electron chi connectivity index (χ0n) is 21.9. The SMILES string of the molecule is COCCNC(=O)CC1=CSC2=NC(C)=C(C(=O)OC)[C@@H](c3ccc(OCc4ccccc4)c(OC)c3)N12. The molecule has 2 heterocycles. The van der Waals surface area contributed by atoms with Gasteiger partial charge < -0.3 is 29.2 Å². The third-order valence-corrected chi connectivity index (χ3v) is 7.01. The molecule has 0 spiro atoms. The van der Waals surface area contributed by atoms with Gasteiger partial charge in [-0.2, -0.15) is 0 Å². The quantitative estimate of drug-likeness (QED) is 0.337. The van der Waals surface area contributed by atoms with E-state index in [4.69, 9.17) is 18.9 Å². The molecule has 2 aromatic rings. The Balaban J connectivity index is 1.66. The van der Waals surface area contributed by atoms with E-state index >= 15 is 0 Å². The van der Waals surface area contributed by atoms with Crippen LogP contribution in [0.25, 0.3) is 0 Å². The van der Waals surface area contributed by atoms with Crippen LogP contribution in [-0.4, -0.2) is 56.4 Å². The fourth-order valence-electron chi connectivity index (χ4n) is 4.28. The Bertz CT molecular complexity index is 1270. The van der Waals surface area contributed by atoms with Gasteiger partial charge in [0.05, 0.1) is 44.6 Å². The Kier molecular flexibility index (Phi) is 9.09. The first kappa shape index (κ1) is 27.3. The van der Waals surface area contributed by atoms with Gasteiger partial charge in [0.1, 0.15) is 6.61 Å². The lowest BCUT2D eigenvalue weighted by atomic mass is 9.93. The Hall–Kier alpha value is -3.76. The lowest BCUT2D eigenvalue weighted by molar-refractivity contribution is -0.136. The molecule has 0 aromatic heterocycles. The van der Waals surface area contributed by atoms with Crippen LogP contribution < -0.4 is 14.8 Å². The van der Waals surface area contributed by atoms with Crippen LogP contribution in [0.3, 0.4) is 0 Å². The Morgan fingerprint density at radius 1 is 1.08 bits per heavy atom. The summed E-state index contributed by atoms with van der Waals surface area (Å²) in [6, 6.07) is 14.9. The van der Waals surface area contributed by atoms with Crippen molar-refractivity contribution in [2.24, 2.45) is 4.99 Å². The monoisotopic (exact) mass is 537 g/mol. The van der Waals surface area contributed by atoms with Crippen LogP contribution in [0.4, 0.5) is 0 Å². The predicted octanol–water partition coefficient (Wildman–Crippen LogP) is 4.17. The zero-order chi connectivity index (χ0) is 27.1. The van der Waals surface area contributed by atoms with E-state index in [1.807, 2.05) is 58.8 Å². The van der Waals surface area contributed by atoms with Crippen molar-refractivity contribution in [3.8, 4) is 11.5 Å². The molecule has 2 aliphatic rings. The fourth-order valence-corrected chi connectivity index (χ4v) is 5.25. The van der Waals surface area contributed by atoms with E-state index in [0.717, 1.165) is 16.8 Å². The molecule has 38 heavy (non-hydrogen) atoms. The third-order valence-electron chi connectivity index (χ3n) is 6.12. The molecule has 10 heteroatoms.